The number of ether oxygens (including phenoxy) is 1. The number of unbranched alkanes of at least 4 members (excludes halogenated alkanes) is 1. The van der Waals surface area contributed by atoms with Gasteiger partial charge in [0.25, 0.3) is 5.56 Å². The lowest BCUT2D eigenvalue weighted by Crippen LogP contribution is -2.22. The first-order valence-electron chi connectivity index (χ1n) is 11.0. The van der Waals surface area contributed by atoms with Crippen molar-refractivity contribution in [1.82, 2.24) is 9.66 Å². The van der Waals surface area contributed by atoms with Crippen molar-refractivity contribution in [2.45, 2.75) is 32.8 Å². The van der Waals surface area contributed by atoms with Crippen molar-refractivity contribution < 1.29 is 4.74 Å². The number of halogens is 4. The molecule has 0 saturated carbocycles. The molecule has 180 valence electrons. The van der Waals surface area contributed by atoms with Gasteiger partial charge in [-0.1, -0.05) is 74.5 Å². The summed E-state index contributed by atoms with van der Waals surface area (Å²) in [5.41, 5.74) is 1.95. The summed E-state index contributed by atoms with van der Waals surface area (Å²) in [6, 6.07) is 16.4. The number of rotatable bonds is 8. The van der Waals surface area contributed by atoms with E-state index in [9.17, 15) is 4.79 Å². The van der Waals surface area contributed by atoms with Gasteiger partial charge in [-0.05, 0) is 55.0 Å². The average Bonchev–Trinajstić information content (AvgIpc) is 2.83. The van der Waals surface area contributed by atoms with E-state index in [1.807, 2.05) is 36.4 Å². The highest BCUT2D eigenvalue weighted by molar-refractivity contribution is 9.10. The maximum atomic E-state index is 13.3. The molecule has 35 heavy (non-hydrogen) atoms. The Kier molecular flexibility index (Phi) is 8.65. The molecule has 3 aromatic carbocycles. The standard InChI is InChI=1S/C26H21Br2Cl2N3O2/c1-2-3-4-25-32-23-9-6-19(28)12-21(23)26(34)33(25)31-14-17-11-18(27)7-10-24(17)35-15-16-5-8-20(29)13-22(16)30/h5-14H,2-4,15H2,1H3. The third-order valence-corrected chi connectivity index (χ3v) is 6.89. The lowest BCUT2D eigenvalue weighted by Gasteiger charge is -2.12. The van der Waals surface area contributed by atoms with E-state index in [4.69, 9.17) is 32.9 Å². The molecular weight excluding hydrogens is 617 g/mol. The van der Waals surface area contributed by atoms with Crippen LogP contribution in [-0.4, -0.2) is 15.9 Å². The summed E-state index contributed by atoms with van der Waals surface area (Å²) in [4.78, 5) is 18.1. The van der Waals surface area contributed by atoms with Crippen LogP contribution in [0.1, 0.15) is 36.7 Å². The van der Waals surface area contributed by atoms with Gasteiger partial charge in [0.15, 0.2) is 0 Å². The van der Waals surface area contributed by atoms with E-state index in [0.29, 0.717) is 44.5 Å². The van der Waals surface area contributed by atoms with Crippen LogP contribution in [0.5, 0.6) is 5.75 Å². The zero-order chi connectivity index (χ0) is 24.9. The molecule has 0 N–H and O–H groups in total. The van der Waals surface area contributed by atoms with E-state index < -0.39 is 0 Å². The Bertz CT molecular complexity index is 1470. The van der Waals surface area contributed by atoms with Crippen LogP contribution in [0.15, 0.2) is 73.4 Å². The molecule has 1 heterocycles. The lowest BCUT2D eigenvalue weighted by molar-refractivity contribution is 0.306. The summed E-state index contributed by atoms with van der Waals surface area (Å²) < 4.78 is 9.10. The molecular formula is C26H21Br2Cl2N3O2. The molecule has 5 nitrogen and oxygen atoms in total. The van der Waals surface area contributed by atoms with Crippen LogP contribution in [0.3, 0.4) is 0 Å². The van der Waals surface area contributed by atoms with Crippen molar-refractivity contribution in [3.63, 3.8) is 0 Å². The summed E-state index contributed by atoms with van der Waals surface area (Å²) in [5.74, 6) is 1.22. The van der Waals surface area contributed by atoms with Gasteiger partial charge in [-0.25, -0.2) is 4.98 Å². The van der Waals surface area contributed by atoms with Gasteiger partial charge >= 0.3 is 0 Å². The molecule has 0 aliphatic heterocycles. The molecule has 0 atom stereocenters. The van der Waals surface area contributed by atoms with E-state index in [0.717, 1.165) is 27.4 Å². The quantitative estimate of drug-likeness (QED) is 0.184. The number of aryl methyl sites for hydroxylation is 1. The minimum atomic E-state index is -0.218. The van der Waals surface area contributed by atoms with Crippen LogP contribution < -0.4 is 10.3 Å². The first kappa shape index (κ1) is 25.9. The fourth-order valence-corrected chi connectivity index (χ4v) is 4.68. The van der Waals surface area contributed by atoms with Crippen molar-refractivity contribution in [2.24, 2.45) is 5.10 Å². The summed E-state index contributed by atoms with van der Waals surface area (Å²) in [5, 5.41) is 6.15. The Hall–Kier alpha value is -2.19. The van der Waals surface area contributed by atoms with Crippen LogP contribution in [0.2, 0.25) is 10.0 Å². The molecule has 0 bridgehead atoms. The van der Waals surface area contributed by atoms with E-state index in [1.54, 1.807) is 24.4 Å². The van der Waals surface area contributed by atoms with Crippen LogP contribution >= 0.6 is 55.1 Å². The van der Waals surface area contributed by atoms with Gasteiger partial charge in [-0.2, -0.15) is 9.78 Å². The normalized spacial score (nSPS) is 11.5. The molecule has 0 aliphatic carbocycles. The molecule has 0 amide bonds. The van der Waals surface area contributed by atoms with E-state index in [2.05, 4.69) is 43.9 Å². The maximum absolute atomic E-state index is 13.3. The lowest BCUT2D eigenvalue weighted by atomic mass is 10.2. The van der Waals surface area contributed by atoms with Crippen LogP contribution in [0.25, 0.3) is 10.9 Å². The largest absolute Gasteiger partial charge is 0.488 e. The topological polar surface area (TPSA) is 56.5 Å². The first-order valence-corrected chi connectivity index (χ1v) is 13.3. The number of hydrogen-bond acceptors (Lipinski definition) is 4. The Morgan fingerprint density at radius 3 is 2.60 bits per heavy atom. The highest BCUT2D eigenvalue weighted by Crippen LogP contribution is 2.26. The number of fused-ring (bicyclic) bond motifs is 1. The van der Waals surface area contributed by atoms with Crippen molar-refractivity contribution in [1.29, 1.82) is 0 Å². The van der Waals surface area contributed by atoms with Crippen LogP contribution in [0, 0.1) is 0 Å². The number of benzene rings is 3. The average molecular weight is 638 g/mol. The van der Waals surface area contributed by atoms with Crippen molar-refractivity contribution in [3.05, 3.63) is 101 Å². The molecule has 4 rings (SSSR count). The molecule has 0 unspecified atom stereocenters. The van der Waals surface area contributed by atoms with Gasteiger partial charge in [-0.3, -0.25) is 4.79 Å². The fourth-order valence-electron chi connectivity index (χ4n) is 3.48. The summed E-state index contributed by atoms with van der Waals surface area (Å²) in [7, 11) is 0. The second-order valence-electron chi connectivity index (χ2n) is 7.86. The zero-order valence-corrected chi connectivity index (χ0v) is 23.5. The molecule has 0 saturated heterocycles. The summed E-state index contributed by atoms with van der Waals surface area (Å²) in [6.07, 6.45) is 4.14. The number of aromatic nitrogens is 2. The van der Waals surface area contributed by atoms with Crippen molar-refractivity contribution in [3.8, 4) is 5.75 Å². The highest BCUT2D eigenvalue weighted by atomic mass is 79.9. The van der Waals surface area contributed by atoms with Crippen molar-refractivity contribution in [2.75, 3.05) is 0 Å². The first-order chi connectivity index (χ1) is 16.9. The van der Waals surface area contributed by atoms with Gasteiger partial charge < -0.3 is 4.74 Å². The predicted octanol–water partition coefficient (Wildman–Crippen LogP) is 8.03. The Morgan fingerprint density at radius 1 is 1.06 bits per heavy atom. The zero-order valence-electron chi connectivity index (χ0n) is 18.8. The number of hydrogen-bond donors (Lipinski definition) is 0. The Balaban J connectivity index is 1.71. The predicted molar refractivity (Wildman–Crippen MR) is 150 cm³/mol. The third-order valence-electron chi connectivity index (χ3n) is 5.31. The molecule has 0 aliphatic rings. The summed E-state index contributed by atoms with van der Waals surface area (Å²) >= 11 is 19.2. The van der Waals surface area contributed by atoms with Gasteiger partial charge in [-0.15, -0.1) is 0 Å². The van der Waals surface area contributed by atoms with Gasteiger partial charge in [0, 0.05) is 36.5 Å². The minimum Gasteiger partial charge on any atom is -0.488 e. The molecule has 0 spiro atoms. The fraction of sp³-hybridized carbons (Fsp3) is 0.192. The van der Waals surface area contributed by atoms with Crippen LogP contribution in [0.4, 0.5) is 0 Å². The third kappa shape index (κ3) is 6.33. The molecule has 9 heteroatoms. The second-order valence-corrected chi connectivity index (χ2v) is 10.5. The molecule has 0 fully saturated rings. The molecule has 0 radical (unpaired) electrons. The van der Waals surface area contributed by atoms with Gasteiger partial charge in [0.1, 0.15) is 18.2 Å². The molecule has 1 aromatic heterocycles. The minimum absolute atomic E-state index is 0.218. The highest BCUT2D eigenvalue weighted by Gasteiger charge is 2.12. The van der Waals surface area contributed by atoms with E-state index in [-0.39, 0.29) is 12.2 Å². The van der Waals surface area contributed by atoms with Gasteiger partial charge in [0.05, 0.1) is 17.1 Å². The molecule has 4 aromatic rings. The van der Waals surface area contributed by atoms with Gasteiger partial charge in [0.2, 0.25) is 0 Å². The monoisotopic (exact) mass is 635 g/mol. The smallest absolute Gasteiger partial charge is 0.282 e. The second kappa shape index (κ2) is 11.7. The number of nitrogens with zero attached hydrogens (tertiary/aromatic N) is 3. The maximum Gasteiger partial charge on any atom is 0.282 e. The SMILES string of the molecule is CCCCc1nc2ccc(Br)cc2c(=O)n1N=Cc1cc(Br)ccc1OCc1ccc(Cl)cc1Cl. The van der Waals surface area contributed by atoms with Crippen LogP contribution in [-0.2, 0) is 13.0 Å². The van der Waals surface area contributed by atoms with E-state index >= 15 is 0 Å². The van der Waals surface area contributed by atoms with Crippen molar-refractivity contribution >= 4 is 72.2 Å². The Labute approximate surface area is 230 Å². The summed E-state index contributed by atoms with van der Waals surface area (Å²) in [6.45, 7) is 2.35. The Morgan fingerprint density at radius 2 is 1.83 bits per heavy atom. The van der Waals surface area contributed by atoms with E-state index in [1.165, 1.54) is 4.68 Å².